The highest BCUT2D eigenvalue weighted by Crippen LogP contribution is 2.25. The van der Waals surface area contributed by atoms with Gasteiger partial charge in [-0.1, -0.05) is 12.8 Å². The second-order valence-corrected chi connectivity index (χ2v) is 8.36. The average molecular weight is 303 g/mol. The minimum atomic E-state index is -3.46. The number of rotatable bonds is 3. The maximum Gasteiger partial charge on any atom is 0.240 e. The van der Waals surface area contributed by atoms with Gasteiger partial charge in [-0.3, -0.25) is 4.79 Å². The van der Waals surface area contributed by atoms with Gasteiger partial charge in [0.25, 0.3) is 0 Å². The van der Waals surface area contributed by atoms with Crippen molar-refractivity contribution >= 4 is 15.7 Å². The summed E-state index contributed by atoms with van der Waals surface area (Å²) in [5.41, 5.74) is 0. The van der Waals surface area contributed by atoms with Crippen LogP contribution in [-0.2, 0) is 19.4 Å². The van der Waals surface area contributed by atoms with Crippen LogP contribution < -0.4 is 0 Å². The number of likely N-dealkylation sites (tertiary alicyclic amines) is 1. The Hall–Kier alpha value is -0.620. The monoisotopic (exact) mass is 303 g/mol. The molecule has 2 aliphatic heterocycles. The molecular formula is C14H25NO4S. The fourth-order valence-corrected chi connectivity index (χ4v) is 5.09. The van der Waals surface area contributed by atoms with E-state index in [-0.39, 0.29) is 12.0 Å². The molecule has 2 heterocycles. The maximum absolute atomic E-state index is 12.6. The summed E-state index contributed by atoms with van der Waals surface area (Å²) in [6.45, 7) is 5.16. The highest BCUT2D eigenvalue weighted by molar-refractivity contribution is 7.93. The molecule has 0 N–H and O–H groups in total. The zero-order valence-electron chi connectivity index (χ0n) is 12.4. The van der Waals surface area contributed by atoms with Gasteiger partial charge in [-0.2, -0.15) is 0 Å². The van der Waals surface area contributed by atoms with Gasteiger partial charge in [0.05, 0.1) is 11.4 Å². The van der Waals surface area contributed by atoms with E-state index in [0.717, 1.165) is 25.7 Å². The highest BCUT2D eigenvalue weighted by atomic mass is 32.2. The minimum absolute atomic E-state index is 0.231. The molecule has 0 aromatic carbocycles. The third-order valence-electron chi connectivity index (χ3n) is 4.49. The Bertz CT molecular complexity index is 440. The lowest BCUT2D eigenvalue weighted by Gasteiger charge is -2.26. The third kappa shape index (κ3) is 3.17. The number of carbonyl (C=O) groups is 1. The summed E-state index contributed by atoms with van der Waals surface area (Å²) in [5, 5.41) is -1.48. The van der Waals surface area contributed by atoms with Crippen LogP contribution >= 0.6 is 0 Å². The molecule has 0 aliphatic carbocycles. The lowest BCUT2D eigenvalue weighted by atomic mass is 10.2. The molecule has 6 heteroatoms. The fraction of sp³-hybridized carbons (Fsp3) is 0.929. The molecule has 116 valence electrons. The first-order valence-electron chi connectivity index (χ1n) is 7.57. The van der Waals surface area contributed by atoms with Crippen molar-refractivity contribution in [3.8, 4) is 0 Å². The maximum atomic E-state index is 12.6. The first-order chi connectivity index (χ1) is 9.44. The third-order valence-corrected chi connectivity index (χ3v) is 7.14. The molecule has 3 atom stereocenters. The van der Waals surface area contributed by atoms with E-state index in [1.807, 2.05) is 0 Å². The molecule has 2 saturated heterocycles. The first kappa shape index (κ1) is 15.8. The Balaban J connectivity index is 2.08. The number of amides is 1. The molecule has 0 bridgehead atoms. The van der Waals surface area contributed by atoms with Crippen molar-refractivity contribution in [1.29, 1.82) is 0 Å². The van der Waals surface area contributed by atoms with Crippen molar-refractivity contribution in [2.75, 3.05) is 19.7 Å². The largest absolute Gasteiger partial charge is 0.377 e. The van der Waals surface area contributed by atoms with Gasteiger partial charge in [0.1, 0.15) is 5.25 Å². The van der Waals surface area contributed by atoms with E-state index in [0.29, 0.717) is 26.1 Å². The standard InChI is InChI=1S/C14H25NO4S/c1-11-13(7-10-19-11)20(17,18)12(2)14(16)15-8-5-3-4-6-9-15/h11-13H,3-10H2,1-2H3/t11-,12+,13+/m0/s1. The molecule has 2 rings (SSSR count). The van der Waals surface area contributed by atoms with Gasteiger partial charge in [-0.05, 0) is 33.1 Å². The van der Waals surface area contributed by atoms with E-state index in [2.05, 4.69) is 0 Å². The van der Waals surface area contributed by atoms with Crippen molar-refractivity contribution in [2.24, 2.45) is 0 Å². The molecule has 1 amide bonds. The van der Waals surface area contributed by atoms with E-state index in [1.165, 1.54) is 6.92 Å². The lowest BCUT2D eigenvalue weighted by molar-refractivity contribution is -0.130. The summed E-state index contributed by atoms with van der Waals surface area (Å²) in [5.74, 6) is -0.231. The molecule has 0 radical (unpaired) electrons. The molecule has 0 aromatic rings. The molecule has 0 unspecified atom stereocenters. The molecular weight excluding hydrogens is 278 g/mol. The van der Waals surface area contributed by atoms with Gasteiger partial charge in [0.15, 0.2) is 9.84 Å². The van der Waals surface area contributed by atoms with Gasteiger partial charge in [0.2, 0.25) is 5.91 Å². The number of carbonyl (C=O) groups excluding carboxylic acids is 1. The van der Waals surface area contributed by atoms with Crippen LogP contribution in [0.15, 0.2) is 0 Å². The number of sulfone groups is 1. The van der Waals surface area contributed by atoms with Gasteiger partial charge >= 0.3 is 0 Å². The molecule has 0 spiro atoms. The molecule has 0 saturated carbocycles. The predicted octanol–water partition coefficient (Wildman–Crippen LogP) is 1.37. The van der Waals surface area contributed by atoms with Crippen molar-refractivity contribution < 1.29 is 17.9 Å². The SMILES string of the molecule is C[C@@H]1OCC[C@H]1S(=O)(=O)[C@H](C)C(=O)N1CCCCCC1. The van der Waals surface area contributed by atoms with E-state index in [1.54, 1.807) is 11.8 Å². The first-order valence-corrected chi connectivity index (χ1v) is 9.18. The summed E-state index contributed by atoms with van der Waals surface area (Å²) in [7, 11) is -3.46. The Morgan fingerprint density at radius 2 is 1.80 bits per heavy atom. The molecule has 0 aromatic heterocycles. The zero-order chi connectivity index (χ0) is 14.8. The van der Waals surface area contributed by atoms with Crippen LogP contribution in [0.1, 0.15) is 46.0 Å². The number of hydrogen-bond acceptors (Lipinski definition) is 4. The molecule has 20 heavy (non-hydrogen) atoms. The number of nitrogens with zero attached hydrogens (tertiary/aromatic N) is 1. The normalized spacial score (nSPS) is 30.0. The molecule has 2 aliphatic rings. The number of hydrogen-bond donors (Lipinski definition) is 0. The van der Waals surface area contributed by atoms with E-state index >= 15 is 0 Å². The van der Waals surface area contributed by atoms with E-state index in [9.17, 15) is 13.2 Å². The Morgan fingerprint density at radius 3 is 2.30 bits per heavy atom. The second-order valence-electron chi connectivity index (χ2n) is 5.87. The van der Waals surface area contributed by atoms with Crippen LogP contribution in [-0.4, -0.2) is 55.5 Å². The molecule has 5 nitrogen and oxygen atoms in total. The van der Waals surface area contributed by atoms with Crippen molar-refractivity contribution in [2.45, 2.75) is 62.6 Å². The summed E-state index contributed by atoms with van der Waals surface area (Å²) >= 11 is 0. The Labute approximate surface area is 121 Å². The summed E-state index contributed by atoms with van der Waals surface area (Å²) in [6.07, 6.45) is 4.39. The lowest BCUT2D eigenvalue weighted by Crippen LogP contribution is -2.46. The van der Waals surface area contributed by atoms with Crippen molar-refractivity contribution in [3.63, 3.8) is 0 Å². The highest BCUT2D eigenvalue weighted by Gasteiger charge is 2.42. The Morgan fingerprint density at radius 1 is 1.20 bits per heavy atom. The average Bonchev–Trinajstić information content (AvgIpc) is 2.69. The fourth-order valence-electron chi connectivity index (χ4n) is 3.09. The van der Waals surface area contributed by atoms with Gasteiger partial charge < -0.3 is 9.64 Å². The van der Waals surface area contributed by atoms with Crippen LogP contribution in [0.5, 0.6) is 0 Å². The molecule has 2 fully saturated rings. The van der Waals surface area contributed by atoms with Crippen LogP contribution in [0.2, 0.25) is 0 Å². The number of ether oxygens (including phenoxy) is 1. The minimum Gasteiger partial charge on any atom is -0.377 e. The van der Waals surface area contributed by atoms with Crippen molar-refractivity contribution in [1.82, 2.24) is 4.90 Å². The predicted molar refractivity (Wildman–Crippen MR) is 77.2 cm³/mol. The van der Waals surface area contributed by atoms with Crippen LogP contribution in [0.3, 0.4) is 0 Å². The zero-order valence-corrected chi connectivity index (χ0v) is 13.2. The van der Waals surface area contributed by atoms with Crippen LogP contribution in [0, 0.1) is 0 Å². The summed E-state index contributed by atoms with van der Waals surface area (Å²) in [6, 6.07) is 0. The van der Waals surface area contributed by atoms with Crippen molar-refractivity contribution in [3.05, 3.63) is 0 Å². The summed E-state index contributed by atoms with van der Waals surface area (Å²) < 4.78 is 30.5. The van der Waals surface area contributed by atoms with Gasteiger partial charge in [0, 0.05) is 19.7 Å². The summed E-state index contributed by atoms with van der Waals surface area (Å²) in [4.78, 5) is 14.2. The smallest absolute Gasteiger partial charge is 0.240 e. The Kier molecular flexibility index (Phi) is 5.07. The van der Waals surface area contributed by atoms with Gasteiger partial charge in [-0.15, -0.1) is 0 Å². The quantitative estimate of drug-likeness (QED) is 0.790. The van der Waals surface area contributed by atoms with E-state index < -0.39 is 20.3 Å². The topological polar surface area (TPSA) is 63.7 Å². The van der Waals surface area contributed by atoms with E-state index in [4.69, 9.17) is 4.74 Å². The van der Waals surface area contributed by atoms with Gasteiger partial charge in [-0.25, -0.2) is 8.42 Å². The van der Waals surface area contributed by atoms with Crippen LogP contribution in [0.4, 0.5) is 0 Å². The second kappa shape index (κ2) is 6.43. The van der Waals surface area contributed by atoms with Crippen LogP contribution in [0.25, 0.3) is 0 Å².